The van der Waals surface area contributed by atoms with E-state index in [1.807, 2.05) is 55.5 Å². The normalized spacial score (nSPS) is 13.0. The van der Waals surface area contributed by atoms with Gasteiger partial charge in [0.15, 0.2) is 23.0 Å². The van der Waals surface area contributed by atoms with Gasteiger partial charge in [0.05, 0.1) is 6.54 Å². The van der Waals surface area contributed by atoms with Gasteiger partial charge in [-0.15, -0.1) is 11.6 Å². The lowest BCUT2D eigenvalue weighted by Gasteiger charge is -2.25. The van der Waals surface area contributed by atoms with E-state index in [-0.39, 0.29) is 17.7 Å². The number of halogens is 1. The second kappa shape index (κ2) is 12.9. The molecule has 3 aromatic rings. The largest absolute Gasteiger partial charge is 0.486 e. The number of carbonyl (C=O) groups excluding carboxylic acids is 2. The van der Waals surface area contributed by atoms with Crippen molar-refractivity contribution in [1.29, 1.82) is 0 Å². The maximum atomic E-state index is 12.3. The number of carbonyl (C=O) groups is 2. The van der Waals surface area contributed by atoms with Gasteiger partial charge in [-0.25, -0.2) is 0 Å². The third kappa shape index (κ3) is 7.07. The topological polar surface area (TPSA) is 86.3 Å². The highest BCUT2D eigenvalue weighted by Gasteiger charge is 2.19. The number of nitrogens with one attached hydrogen (secondary N) is 1. The van der Waals surface area contributed by atoms with Crippen molar-refractivity contribution >= 4 is 34.8 Å². The molecule has 0 saturated heterocycles. The third-order valence-electron chi connectivity index (χ3n) is 5.57. The van der Waals surface area contributed by atoms with E-state index in [0.717, 1.165) is 17.0 Å². The Kier molecular flexibility index (Phi) is 9.10. The van der Waals surface area contributed by atoms with Crippen LogP contribution in [0.1, 0.15) is 18.9 Å². The predicted octanol–water partition coefficient (Wildman–Crippen LogP) is 5.04. The second-order valence-corrected chi connectivity index (χ2v) is 8.45. The van der Waals surface area contributed by atoms with Gasteiger partial charge in [-0.05, 0) is 29.8 Å². The molecule has 2 amide bonds. The molecule has 3 aromatic carbocycles. The highest BCUT2D eigenvalue weighted by Crippen LogP contribution is 2.35. The third-order valence-corrected chi connectivity index (χ3v) is 5.81. The molecule has 8 nitrogen and oxygen atoms in total. The number of hydrogen-bond acceptors (Lipinski definition) is 6. The molecule has 0 bridgehead atoms. The van der Waals surface area contributed by atoms with Crippen molar-refractivity contribution in [3.63, 3.8) is 0 Å². The van der Waals surface area contributed by atoms with Crippen LogP contribution in [-0.4, -0.2) is 44.1 Å². The molecule has 0 fully saturated rings. The molecule has 0 aromatic heterocycles. The lowest BCUT2D eigenvalue weighted by molar-refractivity contribution is -0.118. The molecular weight excluding hydrogens is 496 g/mol. The molecule has 0 atom stereocenters. The molecule has 37 heavy (non-hydrogen) atoms. The van der Waals surface area contributed by atoms with Crippen LogP contribution in [0.5, 0.6) is 23.0 Å². The van der Waals surface area contributed by atoms with Crippen molar-refractivity contribution in [1.82, 2.24) is 0 Å². The number of alkyl halides is 1. The average molecular weight is 525 g/mol. The van der Waals surface area contributed by atoms with E-state index < -0.39 is 0 Å². The first-order chi connectivity index (χ1) is 18.1. The van der Waals surface area contributed by atoms with Crippen LogP contribution >= 0.6 is 11.6 Å². The van der Waals surface area contributed by atoms with Gasteiger partial charge < -0.3 is 29.2 Å². The van der Waals surface area contributed by atoms with Crippen molar-refractivity contribution < 1.29 is 28.5 Å². The molecule has 0 radical (unpaired) electrons. The Bertz CT molecular complexity index is 1220. The Hall–Kier alpha value is -3.91. The van der Waals surface area contributed by atoms with Crippen LogP contribution in [-0.2, 0) is 16.1 Å². The number of fused-ring (bicyclic) bond motifs is 2. The zero-order chi connectivity index (χ0) is 26.0. The highest BCUT2D eigenvalue weighted by atomic mass is 35.5. The Balaban J connectivity index is 0.000000186. The Morgan fingerprint density at radius 3 is 2.03 bits per heavy atom. The van der Waals surface area contributed by atoms with E-state index in [9.17, 15) is 9.59 Å². The van der Waals surface area contributed by atoms with Crippen LogP contribution in [0.3, 0.4) is 0 Å². The molecule has 0 spiro atoms. The Labute approximate surface area is 221 Å². The smallest absolute Gasteiger partial charge is 0.239 e. The lowest BCUT2D eigenvalue weighted by Crippen LogP contribution is -2.29. The fraction of sp³-hybridized carbons (Fsp3) is 0.286. The summed E-state index contributed by atoms with van der Waals surface area (Å²) in [6, 6.07) is 20.9. The van der Waals surface area contributed by atoms with Crippen molar-refractivity contribution in [3.05, 3.63) is 72.3 Å². The fourth-order valence-corrected chi connectivity index (χ4v) is 3.86. The molecular formula is C28H29ClN2O6. The minimum absolute atomic E-state index is 0.0611. The number of benzene rings is 3. The number of ether oxygens (including phenoxy) is 4. The number of nitrogens with zero attached hydrogens (tertiary/aromatic N) is 1. The van der Waals surface area contributed by atoms with E-state index in [0.29, 0.717) is 62.3 Å². The van der Waals surface area contributed by atoms with Gasteiger partial charge in [0.2, 0.25) is 11.8 Å². The van der Waals surface area contributed by atoms with Gasteiger partial charge in [-0.2, -0.15) is 0 Å². The minimum Gasteiger partial charge on any atom is -0.486 e. The fourth-order valence-electron chi connectivity index (χ4n) is 3.80. The van der Waals surface area contributed by atoms with Crippen molar-refractivity contribution in [2.45, 2.75) is 19.9 Å². The van der Waals surface area contributed by atoms with E-state index in [1.165, 1.54) is 0 Å². The minimum atomic E-state index is -0.242. The summed E-state index contributed by atoms with van der Waals surface area (Å²) in [5, 5.41) is 2.64. The van der Waals surface area contributed by atoms with E-state index in [1.54, 1.807) is 23.1 Å². The summed E-state index contributed by atoms with van der Waals surface area (Å²) in [4.78, 5) is 25.2. The van der Waals surface area contributed by atoms with Gasteiger partial charge in [-0.3, -0.25) is 9.59 Å². The molecule has 2 heterocycles. The number of anilines is 2. The SMILES string of the molecule is CCC(=O)N(Cc1ccccc1)c1ccc2c(c1)OCCO2.O=C(CCl)Nc1ccc2c(c1)OCCO2. The monoisotopic (exact) mass is 524 g/mol. The maximum Gasteiger partial charge on any atom is 0.239 e. The van der Waals surface area contributed by atoms with Crippen molar-refractivity contribution in [2.75, 3.05) is 42.5 Å². The summed E-state index contributed by atoms with van der Waals surface area (Å²) in [5.41, 5.74) is 2.59. The van der Waals surface area contributed by atoms with Crippen LogP contribution in [0.2, 0.25) is 0 Å². The summed E-state index contributed by atoms with van der Waals surface area (Å²) in [6.45, 7) is 4.61. The quantitative estimate of drug-likeness (QED) is 0.455. The Morgan fingerprint density at radius 1 is 0.811 bits per heavy atom. The van der Waals surface area contributed by atoms with Gasteiger partial charge in [-0.1, -0.05) is 37.3 Å². The van der Waals surface area contributed by atoms with E-state index in [4.69, 9.17) is 30.5 Å². The summed E-state index contributed by atoms with van der Waals surface area (Å²) in [6.07, 6.45) is 0.460. The van der Waals surface area contributed by atoms with Crippen molar-refractivity contribution in [3.8, 4) is 23.0 Å². The molecule has 0 saturated carbocycles. The number of rotatable bonds is 6. The summed E-state index contributed by atoms with van der Waals surface area (Å²) >= 11 is 5.38. The predicted molar refractivity (Wildman–Crippen MR) is 142 cm³/mol. The van der Waals surface area contributed by atoms with Gasteiger partial charge in [0.25, 0.3) is 0 Å². The van der Waals surface area contributed by atoms with Crippen LogP contribution in [0.25, 0.3) is 0 Å². The van der Waals surface area contributed by atoms with Gasteiger partial charge >= 0.3 is 0 Å². The highest BCUT2D eigenvalue weighted by molar-refractivity contribution is 6.29. The molecule has 194 valence electrons. The zero-order valence-corrected chi connectivity index (χ0v) is 21.3. The summed E-state index contributed by atoms with van der Waals surface area (Å²) in [7, 11) is 0. The molecule has 9 heteroatoms. The molecule has 2 aliphatic rings. The van der Waals surface area contributed by atoms with Crippen LogP contribution in [0, 0.1) is 0 Å². The van der Waals surface area contributed by atoms with E-state index >= 15 is 0 Å². The summed E-state index contributed by atoms with van der Waals surface area (Å²) in [5.74, 6) is 2.56. The lowest BCUT2D eigenvalue weighted by atomic mass is 10.1. The molecule has 1 N–H and O–H groups in total. The number of amides is 2. The molecule has 2 aliphatic heterocycles. The first-order valence-corrected chi connectivity index (χ1v) is 12.6. The van der Waals surface area contributed by atoms with E-state index in [2.05, 4.69) is 5.32 Å². The molecule has 5 rings (SSSR count). The second-order valence-electron chi connectivity index (χ2n) is 8.19. The molecule has 0 unspecified atom stereocenters. The zero-order valence-electron chi connectivity index (χ0n) is 20.6. The van der Waals surface area contributed by atoms with Gasteiger partial charge in [0, 0.05) is 29.9 Å². The first-order valence-electron chi connectivity index (χ1n) is 12.1. The van der Waals surface area contributed by atoms with Crippen LogP contribution in [0.4, 0.5) is 11.4 Å². The van der Waals surface area contributed by atoms with Crippen LogP contribution < -0.4 is 29.2 Å². The van der Waals surface area contributed by atoms with Crippen LogP contribution in [0.15, 0.2) is 66.7 Å². The molecule has 0 aliphatic carbocycles. The maximum absolute atomic E-state index is 12.3. The average Bonchev–Trinajstić information content (AvgIpc) is 2.96. The van der Waals surface area contributed by atoms with Gasteiger partial charge in [0.1, 0.15) is 32.3 Å². The number of hydrogen-bond donors (Lipinski definition) is 1. The first kappa shape index (κ1) is 26.2. The Morgan fingerprint density at radius 2 is 1.41 bits per heavy atom. The standard InChI is InChI=1S/C18H19NO3.C10H10ClNO3/c1-2-18(20)19(13-14-6-4-3-5-7-14)15-8-9-16-17(12-15)22-11-10-21-16;11-6-10(13)12-7-1-2-8-9(5-7)15-4-3-14-8/h3-9,12H,2,10-11,13H2,1H3;1-2,5H,3-4,6H2,(H,12,13). The summed E-state index contributed by atoms with van der Waals surface area (Å²) < 4.78 is 21.9. The van der Waals surface area contributed by atoms with Crippen molar-refractivity contribution in [2.24, 2.45) is 0 Å².